The molecule has 5 heteroatoms. The number of rotatable bonds is 2. The summed E-state index contributed by atoms with van der Waals surface area (Å²) in [5.41, 5.74) is 0. The third kappa shape index (κ3) is 3.18. The van der Waals surface area contributed by atoms with E-state index < -0.39 is 6.10 Å². The average Bonchev–Trinajstić information content (AvgIpc) is 2.64. The van der Waals surface area contributed by atoms with Crippen LogP contribution in [0, 0.1) is 0 Å². The van der Waals surface area contributed by atoms with Gasteiger partial charge in [-0.25, -0.2) is 0 Å². The summed E-state index contributed by atoms with van der Waals surface area (Å²) in [6, 6.07) is -0.0458. The van der Waals surface area contributed by atoms with Crippen LogP contribution in [0.15, 0.2) is 0 Å². The van der Waals surface area contributed by atoms with Crippen LogP contribution < -0.4 is 0 Å². The van der Waals surface area contributed by atoms with Crippen molar-refractivity contribution in [3.63, 3.8) is 0 Å². The maximum absolute atomic E-state index is 12.3. The Kier molecular flexibility index (Phi) is 4.76. The Morgan fingerprint density at radius 2 is 2.18 bits per heavy atom. The van der Waals surface area contributed by atoms with Gasteiger partial charge in [-0.2, -0.15) is 0 Å². The molecule has 2 heterocycles. The van der Waals surface area contributed by atoms with Crippen LogP contribution in [0.4, 0.5) is 0 Å². The van der Waals surface area contributed by atoms with Gasteiger partial charge in [0.25, 0.3) is 5.91 Å². The molecule has 0 aliphatic carbocycles. The van der Waals surface area contributed by atoms with Gasteiger partial charge in [-0.3, -0.25) is 4.79 Å². The first-order valence-electron chi connectivity index (χ1n) is 6.43. The molecule has 0 radical (unpaired) electrons. The molecule has 2 aliphatic rings. The summed E-state index contributed by atoms with van der Waals surface area (Å²) in [4.78, 5) is 14.1. The highest BCUT2D eigenvalue weighted by Gasteiger charge is 2.32. The van der Waals surface area contributed by atoms with Crippen molar-refractivity contribution in [2.75, 3.05) is 33.0 Å². The number of aliphatic hydroxyl groups is 1. The second-order valence-corrected chi connectivity index (χ2v) is 4.65. The maximum Gasteiger partial charge on any atom is 0.254 e. The Labute approximate surface area is 102 Å². The topological polar surface area (TPSA) is 59.0 Å². The number of aliphatic hydroxyl groups excluding tert-OH is 1. The number of ether oxygens (including phenoxy) is 2. The average molecular weight is 243 g/mol. The third-order valence-electron chi connectivity index (χ3n) is 3.46. The zero-order valence-electron chi connectivity index (χ0n) is 10.1. The predicted molar refractivity (Wildman–Crippen MR) is 61.6 cm³/mol. The third-order valence-corrected chi connectivity index (χ3v) is 3.46. The zero-order valence-corrected chi connectivity index (χ0v) is 10.1. The van der Waals surface area contributed by atoms with Crippen molar-refractivity contribution in [3.05, 3.63) is 0 Å². The summed E-state index contributed by atoms with van der Waals surface area (Å²) >= 11 is 0. The number of likely N-dealkylation sites (tertiary alicyclic amines) is 1. The van der Waals surface area contributed by atoms with E-state index >= 15 is 0 Å². The Morgan fingerprint density at radius 1 is 1.29 bits per heavy atom. The fourth-order valence-electron chi connectivity index (χ4n) is 2.47. The Morgan fingerprint density at radius 3 is 2.88 bits per heavy atom. The predicted octanol–water partition coefficient (Wildman–Crippen LogP) is 0.165. The maximum atomic E-state index is 12.3. The quantitative estimate of drug-likeness (QED) is 0.751. The lowest BCUT2D eigenvalue weighted by Crippen LogP contribution is -2.50. The van der Waals surface area contributed by atoms with E-state index in [1.807, 2.05) is 0 Å². The van der Waals surface area contributed by atoms with Crippen molar-refractivity contribution in [2.24, 2.45) is 0 Å². The summed E-state index contributed by atoms with van der Waals surface area (Å²) < 4.78 is 10.7. The lowest BCUT2D eigenvalue weighted by atomic mass is 10.1. The lowest BCUT2D eigenvalue weighted by Gasteiger charge is -2.33. The standard InChI is InChI=1S/C12H21NO4/c14-8-10-4-2-1-3-5-13(10)12(15)11-9-16-6-7-17-11/h10-11,14H,1-9H2. The van der Waals surface area contributed by atoms with Gasteiger partial charge in [0.1, 0.15) is 0 Å². The van der Waals surface area contributed by atoms with Gasteiger partial charge in [-0.15, -0.1) is 0 Å². The van der Waals surface area contributed by atoms with Gasteiger partial charge in [-0.05, 0) is 12.8 Å². The van der Waals surface area contributed by atoms with Crippen molar-refractivity contribution in [1.82, 2.24) is 4.90 Å². The molecular formula is C12H21NO4. The first-order valence-corrected chi connectivity index (χ1v) is 6.43. The van der Waals surface area contributed by atoms with E-state index in [2.05, 4.69) is 0 Å². The number of carbonyl (C=O) groups is 1. The Balaban J connectivity index is 1.98. The molecule has 0 aromatic rings. The Bertz CT molecular complexity index is 253. The van der Waals surface area contributed by atoms with E-state index in [4.69, 9.17) is 9.47 Å². The highest BCUT2D eigenvalue weighted by molar-refractivity contribution is 5.81. The van der Waals surface area contributed by atoms with Gasteiger partial charge in [0, 0.05) is 6.54 Å². The molecule has 98 valence electrons. The molecule has 5 nitrogen and oxygen atoms in total. The van der Waals surface area contributed by atoms with E-state index in [1.54, 1.807) is 4.90 Å². The Hall–Kier alpha value is -0.650. The fourth-order valence-corrected chi connectivity index (χ4v) is 2.47. The molecular weight excluding hydrogens is 222 g/mol. The molecule has 0 aromatic carbocycles. The minimum atomic E-state index is -0.476. The second kappa shape index (κ2) is 6.33. The molecule has 2 atom stereocenters. The van der Waals surface area contributed by atoms with Crippen molar-refractivity contribution in [1.29, 1.82) is 0 Å². The van der Waals surface area contributed by atoms with Crippen molar-refractivity contribution in [2.45, 2.75) is 37.8 Å². The minimum Gasteiger partial charge on any atom is -0.394 e. The lowest BCUT2D eigenvalue weighted by molar-refractivity contribution is -0.161. The molecule has 1 N–H and O–H groups in total. The van der Waals surface area contributed by atoms with E-state index in [0.29, 0.717) is 19.8 Å². The fraction of sp³-hybridized carbons (Fsp3) is 0.917. The first kappa shape index (κ1) is 12.8. The SMILES string of the molecule is O=C(C1COCCO1)N1CCCCCC1CO. The number of hydrogen-bond acceptors (Lipinski definition) is 4. The summed E-state index contributed by atoms with van der Waals surface area (Å²) in [6.07, 6.45) is 3.63. The van der Waals surface area contributed by atoms with Crippen molar-refractivity contribution >= 4 is 5.91 Å². The van der Waals surface area contributed by atoms with Crippen LogP contribution in [0.5, 0.6) is 0 Å². The molecule has 2 aliphatic heterocycles. The molecule has 0 bridgehead atoms. The highest BCUT2D eigenvalue weighted by Crippen LogP contribution is 2.18. The monoisotopic (exact) mass is 243 g/mol. The number of carbonyl (C=O) groups excluding carboxylic acids is 1. The summed E-state index contributed by atoms with van der Waals surface area (Å²) in [6.45, 7) is 2.15. The molecule has 1 amide bonds. The largest absolute Gasteiger partial charge is 0.394 e. The number of hydrogen-bond donors (Lipinski definition) is 1. The molecule has 17 heavy (non-hydrogen) atoms. The molecule has 2 rings (SSSR count). The first-order chi connectivity index (χ1) is 8.33. The highest BCUT2D eigenvalue weighted by atomic mass is 16.6. The van der Waals surface area contributed by atoms with E-state index in [9.17, 15) is 9.90 Å². The number of nitrogens with zero attached hydrogens (tertiary/aromatic N) is 1. The van der Waals surface area contributed by atoms with Crippen LogP contribution in [-0.2, 0) is 14.3 Å². The van der Waals surface area contributed by atoms with Crippen LogP contribution in [0.1, 0.15) is 25.7 Å². The van der Waals surface area contributed by atoms with Crippen molar-refractivity contribution in [3.8, 4) is 0 Å². The molecule has 2 saturated heterocycles. The van der Waals surface area contributed by atoms with Gasteiger partial charge in [-0.1, -0.05) is 12.8 Å². The second-order valence-electron chi connectivity index (χ2n) is 4.65. The van der Waals surface area contributed by atoms with Crippen LogP contribution >= 0.6 is 0 Å². The van der Waals surface area contributed by atoms with Crippen LogP contribution in [0.25, 0.3) is 0 Å². The van der Waals surface area contributed by atoms with Crippen LogP contribution in [0.3, 0.4) is 0 Å². The van der Waals surface area contributed by atoms with Gasteiger partial charge in [0.15, 0.2) is 6.10 Å². The smallest absolute Gasteiger partial charge is 0.254 e. The van der Waals surface area contributed by atoms with Gasteiger partial charge >= 0.3 is 0 Å². The number of amides is 1. The molecule has 0 aromatic heterocycles. The molecule has 0 saturated carbocycles. The summed E-state index contributed by atoms with van der Waals surface area (Å²) in [7, 11) is 0. The summed E-state index contributed by atoms with van der Waals surface area (Å²) in [5.74, 6) is -0.0225. The minimum absolute atomic E-state index is 0.0225. The van der Waals surface area contributed by atoms with Gasteiger partial charge < -0.3 is 19.5 Å². The van der Waals surface area contributed by atoms with E-state index in [0.717, 1.165) is 32.2 Å². The summed E-state index contributed by atoms with van der Waals surface area (Å²) in [5, 5.41) is 9.37. The molecule has 2 unspecified atom stereocenters. The van der Waals surface area contributed by atoms with Gasteiger partial charge in [0.2, 0.25) is 0 Å². The van der Waals surface area contributed by atoms with E-state index in [-0.39, 0.29) is 18.6 Å². The van der Waals surface area contributed by atoms with Crippen LogP contribution in [0.2, 0.25) is 0 Å². The molecule has 2 fully saturated rings. The molecule has 0 spiro atoms. The van der Waals surface area contributed by atoms with Crippen molar-refractivity contribution < 1.29 is 19.4 Å². The van der Waals surface area contributed by atoms with Crippen LogP contribution in [-0.4, -0.2) is 61.0 Å². The van der Waals surface area contributed by atoms with Gasteiger partial charge in [0.05, 0.1) is 32.5 Å². The normalized spacial score (nSPS) is 31.0. The van der Waals surface area contributed by atoms with E-state index in [1.165, 1.54) is 0 Å². The zero-order chi connectivity index (χ0) is 12.1.